The fraction of sp³-hybridized carbons (Fsp3) is 0.364. The van der Waals surface area contributed by atoms with E-state index in [-0.39, 0.29) is 45.9 Å². The summed E-state index contributed by atoms with van der Waals surface area (Å²) in [6, 6.07) is 5.61. The molecule has 1 rings (SSSR count). The summed E-state index contributed by atoms with van der Waals surface area (Å²) >= 11 is 5.02. The molecule has 0 bridgehead atoms. The van der Waals surface area contributed by atoms with Crippen LogP contribution >= 0.6 is 12.2 Å². The Morgan fingerprint density at radius 3 is 2.80 bits per heavy atom. The van der Waals surface area contributed by atoms with Gasteiger partial charge in [-0.3, -0.25) is 10.4 Å². The summed E-state index contributed by atoms with van der Waals surface area (Å²) in [4.78, 5) is 4.09. The molecule has 20 heavy (non-hydrogen) atoms. The number of pyridine rings is 1. The first-order valence-electron chi connectivity index (χ1n) is 5.30. The summed E-state index contributed by atoms with van der Waals surface area (Å²) < 4.78 is 4.92. The summed E-state index contributed by atoms with van der Waals surface area (Å²) in [5.74, 6) is 0. The second-order valence-electron chi connectivity index (χ2n) is 3.23. The van der Waals surface area contributed by atoms with E-state index in [1.165, 1.54) is 0 Å². The number of aromatic nitrogens is 1. The Balaban J connectivity index is -0.000000963. The first-order chi connectivity index (χ1) is 8.33. The van der Waals surface area contributed by atoms with Gasteiger partial charge in [0.2, 0.25) is 0 Å². The van der Waals surface area contributed by atoms with Gasteiger partial charge in [-0.1, -0.05) is 6.07 Å². The Morgan fingerprint density at radius 1 is 1.45 bits per heavy atom. The standard InChI is InChI=1S/C11H16N4OS.2ClH.Pt/c1-16-8-4-7-13-11(17)15-14-9-10-5-2-3-6-12-10;;;/h2-3,5-6,9H,4,7-8H2,1H3,(H2,13,15,17);2*1H;/q;;;+2/p-2/b14-9+;;;. The molecule has 0 saturated heterocycles. The fourth-order valence-electron chi connectivity index (χ4n) is 1.07. The Labute approximate surface area is 151 Å². The van der Waals surface area contributed by atoms with Crippen LogP contribution in [0, 0.1) is 0 Å². The van der Waals surface area contributed by atoms with Crippen molar-refractivity contribution in [3.8, 4) is 0 Å². The SMILES string of the molecule is COCCCNC(=S)N/N=C/c1ccccn1.[Cl-].[Cl-].[Pt+2]. The van der Waals surface area contributed by atoms with Crippen molar-refractivity contribution in [3.63, 3.8) is 0 Å². The Bertz CT molecular complexity index is 371. The monoisotopic (exact) mass is 517 g/mol. The molecule has 2 N–H and O–H groups in total. The maximum absolute atomic E-state index is 5.02. The number of hydrazone groups is 1. The minimum atomic E-state index is 0. The average Bonchev–Trinajstić information content (AvgIpc) is 2.36. The van der Waals surface area contributed by atoms with E-state index >= 15 is 0 Å². The molecule has 1 aromatic heterocycles. The number of hydrogen-bond donors (Lipinski definition) is 2. The van der Waals surface area contributed by atoms with Gasteiger partial charge >= 0.3 is 21.1 Å². The Kier molecular flexibility index (Phi) is 20.8. The fourth-order valence-corrected chi connectivity index (χ4v) is 1.22. The third kappa shape index (κ3) is 12.8. The molecule has 1 heterocycles. The number of nitrogens with zero attached hydrogens (tertiary/aromatic N) is 2. The van der Waals surface area contributed by atoms with Crippen molar-refractivity contribution < 1.29 is 50.6 Å². The quantitative estimate of drug-likeness (QED) is 0.171. The van der Waals surface area contributed by atoms with Gasteiger partial charge in [-0.05, 0) is 30.8 Å². The molecule has 116 valence electrons. The first-order valence-corrected chi connectivity index (χ1v) is 5.70. The number of thiocarbonyl (C=S) groups is 1. The van der Waals surface area contributed by atoms with Crippen LogP contribution in [-0.4, -0.2) is 36.6 Å². The van der Waals surface area contributed by atoms with Crippen LogP contribution in [0.4, 0.5) is 0 Å². The summed E-state index contributed by atoms with van der Waals surface area (Å²) in [6.45, 7) is 1.48. The molecule has 0 saturated carbocycles. The second-order valence-corrected chi connectivity index (χ2v) is 3.64. The van der Waals surface area contributed by atoms with Crippen molar-refractivity contribution in [2.45, 2.75) is 6.42 Å². The van der Waals surface area contributed by atoms with Crippen LogP contribution in [0.2, 0.25) is 0 Å². The summed E-state index contributed by atoms with van der Waals surface area (Å²) in [7, 11) is 1.67. The third-order valence-corrected chi connectivity index (χ3v) is 2.10. The third-order valence-electron chi connectivity index (χ3n) is 1.86. The largest absolute Gasteiger partial charge is 2.00 e. The van der Waals surface area contributed by atoms with Crippen LogP contribution < -0.4 is 35.6 Å². The molecule has 9 heteroatoms. The molecule has 0 fully saturated rings. The van der Waals surface area contributed by atoms with Crippen LogP contribution in [0.25, 0.3) is 0 Å². The maximum Gasteiger partial charge on any atom is 2.00 e. The Hall–Kier alpha value is -0.262. The minimum Gasteiger partial charge on any atom is -1.00 e. The summed E-state index contributed by atoms with van der Waals surface area (Å²) in [6.07, 6.45) is 4.23. The van der Waals surface area contributed by atoms with Gasteiger partial charge in [-0.2, -0.15) is 5.10 Å². The van der Waals surface area contributed by atoms with E-state index in [1.807, 2.05) is 18.2 Å². The molecule has 0 amide bonds. The van der Waals surface area contributed by atoms with Crippen molar-refractivity contribution in [3.05, 3.63) is 30.1 Å². The van der Waals surface area contributed by atoms with Gasteiger partial charge in [0.1, 0.15) is 0 Å². The van der Waals surface area contributed by atoms with E-state index in [9.17, 15) is 0 Å². The first kappa shape index (κ1) is 24.7. The van der Waals surface area contributed by atoms with Crippen LogP contribution in [0.15, 0.2) is 29.5 Å². The van der Waals surface area contributed by atoms with Crippen molar-refractivity contribution in [1.29, 1.82) is 0 Å². The van der Waals surface area contributed by atoms with Gasteiger partial charge in [0, 0.05) is 26.5 Å². The molecule has 0 radical (unpaired) electrons. The van der Waals surface area contributed by atoms with Gasteiger partial charge < -0.3 is 34.9 Å². The molecular weight excluding hydrogens is 502 g/mol. The second kappa shape index (κ2) is 16.8. The molecular formula is C11H16Cl2N4OPtS. The molecule has 0 aliphatic heterocycles. The number of nitrogens with one attached hydrogen (secondary N) is 2. The zero-order chi connectivity index (χ0) is 12.3. The van der Waals surface area contributed by atoms with Crippen molar-refractivity contribution in [1.82, 2.24) is 15.7 Å². The van der Waals surface area contributed by atoms with E-state index in [0.717, 1.165) is 18.7 Å². The summed E-state index contributed by atoms with van der Waals surface area (Å²) in [5.41, 5.74) is 3.50. The maximum atomic E-state index is 5.02. The normalized spacial score (nSPS) is 8.85. The molecule has 1 aromatic rings. The zero-order valence-corrected chi connectivity index (χ0v) is 15.4. The molecule has 0 aliphatic carbocycles. The van der Waals surface area contributed by atoms with Gasteiger partial charge in [0.05, 0.1) is 11.9 Å². The van der Waals surface area contributed by atoms with Gasteiger partial charge in [0.15, 0.2) is 5.11 Å². The zero-order valence-electron chi connectivity index (χ0n) is 10.8. The van der Waals surface area contributed by atoms with Gasteiger partial charge in [0.25, 0.3) is 0 Å². The van der Waals surface area contributed by atoms with E-state index in [1.54, 1.807) is 19.5 Å². The predicted molar refractivity (Wildman–Crippen MR) is 72.1 cm³/mol. The molecule has 0 aromatic carbocycles. The molecule has 0 unspecified atom stereocenters. The van der Waals surface area contributed by atoms with Crippen molar-refractivity contribution >= 4 is 23.5 Å². The predicted octanol–water partition coefficient (Wildman–Crippen LogP) is -5.08. The van der Waals surface area contributed by atoms with Crippen LogP contribution in [0.5, 0.6) is 0 Å². The summed E-state index contributed by atoms with van der Waals surface area (Å²) in [5, 5.41) is 7.47. The van der Waals surface area contributed by atoms with Crippen LogP contribution in [0.3, 0.4) is 0 Å². The molecule has 0 spiro atoms. The molecule has 0 atom stereocenters. The number of methoxy groups -OCH3 is 1. The number of halogens is 2. The van der Waals surface area contributed by atoms with Crippen LogP contribution in [0.1, 0.15) is 12.1 Å². The smallest absolute Gasteiger partial charge is 1.00 e. The molecule has 5 nitrogen and oxygen atoms in total. The van der Waals surface area contributed by atoms with E-state index in [0.29, 0.717) is 11.7 Å². The Morgan fingerprint density at radius 2 is 2.20 bits per heavy atom. The topological polar surface area (TPSA) is 58.5 Å². The molecule has 0 aliphatic rings. The van der Waals surface area contributed by atoms with E-state index in [4.69, 9.17) is 17.0 Å². The van der Waals surface area contributed by atoms with E-state index in [2.05, 4.69) is 20.8 Å². The average molecular weight is 518 g/mol. The number of rotatable bonds is 6. The van der Waals surface area contributed by atoms with E-state index < -0.39 is 0 Å². The van der Waals surface area contributed by atoms with Gasteiger partial charge in [-0.15, -0.1) is 0 Å². The van der Waals surface area contributed by atoms with Gasteiger partial charge in [-0.25, -0.2) is 0 Å². The van der Waals surface area contributed by atoms with Crippen molar-refractivity contribution in [2.24, 2.45) is 5.10 Å². The minimum absolute atomic E-state index is 0. The van der Waals surface area contributed by atoms with Crippen LogP contribution in [-0.2, 0) is 25.8 Å². The number of hydrogen-bond acceptors (Lipinski definition) is 4. The van der Waals surface area contributed by atoms with Crippen molar-refractivity contribution in [2.75, 3.05) is 20.3 Å². The number of ether oxygens (including phenoxy) is 1.